The predicted octanol–water partition coefficient (Wildman–Crippen LogP) is 1.63. The minimum atomic E-state index is -3.12. The number of carbonyl (C=O) groups excluding carboxylic acids is 2. The third-order valence-electron chi connectivity index (χ3n) is 4.51. The summed E-state index contributed by atoms with van der Waals surface area (Å²) in [5.41, 5.74) is 5.40. The van der Waals surface area contributed by atoms with E-state index >= 15 is 0 Å². The van der Waals surface area contributed by atoms with Crippen LogP contribution in [-0.2, 0) is 14.6 Å². The molecule has 1 aromatic carbocycles. The zero-order chi connectivity index (χ0) is 19.5. The van der Waals surface area contributed by atoms with E-state index in [1.807, 2.05) is 13.8 Å². The molecular formula is C17H23ClN2O5S. The normalized spacial score (nSPS) is 19.7. The maximum atomic E-state index is 12.7. The summed E-state index contributed by atoms with van der Waals surface area (Å²) in [6.45, 7) is 3.49. The first-order chi connectivity index (χ1) is 12.1. The second kappa shape index (κ2) is 8.26. The molecule has 2 N–H and O–H groups in total. The van der Waals surface area contributed by atoms with Crippen molar-refractivity contribution in [2.45, 2.75) is 38.8 Å². The van der Waals surface area contributed by atoms with Gasteiger partial charge in [0.15, 0.2) is 16.4 Å². The Labute approximate surface area is 158 Å². The van der Waals surface area contributed by atoms with Crippen molar-refractivity contribution in [2.24, 2.45) is 5.73 Å². The van der Waals surface area contributed by atoms with Crippen molar-refractivity contribution >= 4 is 33.3 Å². The summed E-state index contributed by atoms with van der Waals surface area (Å²) < 4.78 is 29.1. The van der Waals surface area contributed by atoms with Gasteiger partial charge in [0, 0.05) is 17.1 Å². The highest BCUT2D eigenvalue weighted by Crippen LogP contribution is 2.24. The van der Waals surface area contributed by atoms with Crippen LogP contribution in [0.4, 0.5) is 0 Å². The van der Waals surface area contributed by atoms with Crippen LogP contribution in [0.1, 0.15) is 37.0 Å². The average molecular weight is 403 g/mol. The van der Waals surface area contributed by atoms with Crippen LogP contribution in [0.25, 0.3) is 0 Å². The molecule has 1 fully saturated rings. The lowest BCUT2D eigenvalue weighted by Gasteiger charge is -2.33. The molecule has 0 saturated carbocycles. The minimum absolute atomic E-state index is 0.0312. The number of rotatable bonds is 7. The van der Waals surface area contributed by atoms with Gasteiger partial charge in [-0.2, -0.15) is 0 Å². The van der Waals surface area contributed by atoms with Crippen LogP contribution in [0.15, 0.2) is 18.2 Å². The molecule has 0 aromatic heterocycles. The Kier molecular flexibility index (Phi) is 6.52. The van der Waals surface area contributed by atoms with Crippen LogP contribution in [0, 0.1) is 0 Å². The number of halogens is 1. The zero-order valence-corrected chi connectivity index (χ0v) is 16.3. The minimum Gasteiger partial charge on any atom is -0.483 e. The number of hydrogen-bond acceptors (Lipinski definition) is 5. The van der Waals surface area contributed by atoms with E-state index in [-0.39, 0.29) is 47.4 Å². The molecule has 9 heteroatoms. The largest absolute Gasteiger partial charge is 0.483 e. The van der Waals surface area contributed by atoms with Crippen LogP contribution >= 0.6 is 11.6 Å². The summed E-state index contributed by atoms with van der Waals surface area (Å²) in [6.07, 6.45) is 1.11. The van der Waals surface area contributed by atoms with Gasteiger partial charge in [-0.3, -0.25) is 9.59 Å². The number of hydrogen-bond donors (Lipinski definition) is 1. The van der Waals surface area contributed by atoms with Gasteiger partial charge in [-0.25, -0.2) is 8.42 Å². The number of sulfone groups is 1. The van der Waals surface area contributed by atoms with Gasteiger partial charge < -0.3 is 15.4 Å². The van der Waals surface area contributed by atoms with Gasteiger partial charge in [-0.05, 0) is 38.0 Å². The van der Waals surface area contributed by atoms with Crippen LogP contribution in [0.2, 0.25) is 5.02 Å². The molecule has 1 aliphatic rings. The molecule has 0 aliphatic carbocycles. The molecule has 144 valence electrons. The summed E-state index contributed by atoms with van der Waals surface area (Å²) >= 11 is 5.85. The van der Waals surface area contributed by atoms with Crippen molar-refractivity contribution in [1.82, 2.24) is 4.90 Å². The smallest absolute Gasteiger partial charge is 0.261 e. The lowest BCUT2D eigenvalue weighted by Crippen LogP contribution is -2.48. The van der Waals surface area contributed by atoms with Crippen molar-refractivity contribution in [3.63, 3.8) is 0 Å². The Balaban J connectivity index is 2.14. The van der Waals surface area contributed by atoms with Crippen molar-refractivity contribution in [3.8, 4) is 5.75 Å². The summed E-state index contributed by atoms with van der Waals surface area (Å²) in [6, 6.07) is 3.91. The average Bonchev–Trinajstić information content (AvgIpc) is 2.92. The summed E-state index contributed by atoms with van der Waals surface area (Å²) in [5, 5.41) is 0.329. The third-order valence-corrected chi connectivity index (χ3v) is 6.50. The second-order valence-corrected chi connectivity index (χ2v) is 9.07. The summed E-state index contributed by atoms with van der Waals surface area (Å²) in [5.74, 6) is -0.820. The van der Waals surface area contributed by atoms with Crippen molar-refractivity contribution in [3.05, 3.63) is 28.8 Å². The van der Waals surface area contributed by atoms with Crippen LogP contribution in [0.3, 0.4) is 0 Å². The molecule has 2 amide bonds. The molecule has 0 radical (unpaired) electrons. The van der Waals surface area contributed by atoms with Gasteiger partial charge in [0.05, 0.1) is 17.1 Å². The molecule has 0 bridgehead atoms. The molecular weight excluding hydrogens is 380 g/mol. The number of primary amides is 1. The number of amides is 2. The van der Waals surface area contributed by atoms with Crippen molar-refractivity contribution in [1.29, 1.82) is 0 Å². The molecule has 1 heterocycles. The first-order valence-electron chi connectivity index (χ1n) is 8.38. The highest BCUT2D eigenvalue weighted by atomic mass is 35.5. The van der Waals surface area contributed by atoms with E-state index in [9.17, 15) is 18.0 Å². The first-order valence-corrected chi connectivity index (χ1v) is 10.6. The van der Waals surface area contributed by atoms with Gasteiger partial charge in [0.2, 0.25) is 0 Å². The van der Waals surface area contributed by atoms with Gasteiger partial charge in [0.1, 0.15) is 5.75 Å². The van der Waals surface area contributed by atoms with E-state index < -0.39 is 15.7 Å². The highest BCUT2D eigenvalue weighted by molar-refractivity contribution is 7.91. The zero-order valence-electron chi connectivity index (χ0n) is 14.8. The summed E-state index contributed by atoms with van der Waals surface area (Å²) in [4.78, 5) is 25.8. The standard InChI is InChI=1S/C17H23ClN2O5S/c1-3-11(2)20(13-6-7-26(23,24)10-13)16(21)9-25-15-5-4-12(18)8-14(15)17(19)22/h4-5,8,11,13H,3,6-7,9-10H2,1-2H3,(H2,19,22)/t11-,13+/m1/s1. The molecule has 1 aliphatic heterocycles. The molecule has 2 rings (SSSR count). The highest BCUT2D eigenvalue weighted by Gasteiger charge is 2.36. The van der Waals surface area contributed by atoms with Crippen LogP contribution in [-0.4, -0.2) is 55.3 Å². The van der Waals surface area contributed by atoms with Crippen molar-refractivity contribution in [2.75, 3.05) is 18.1 Å². The lowest BCUT2D eigenvalue weighted by molar-refractivity contribution is -0.137. The SMILES string of the molecule is CC[C@@H](C)N(C(=O)COc1ccc(Cl)cc1C(N)=O)[C@H]1CCS(=O)(=O)C1. The lowest BCUT2D eigenvalue weighted by atomic mass is 10.1. The number of nitrogens with two attached hydrogens (primary N) is 1. The van der Waals surface area contributed by atoms with E-state index in [0.29, 0.717) is 17.9 Å². The Hall–Kier alpha value is -1.80. The molecule has 26 heavy (non-hydrogen) atoms. The van der Waals surface area contributed by atoms with Crippen molar-refractivity contribution < 1.29 is 22.7 Å². The molecule has 1 saturated heterocycles. The predicted molar refractivity (Wildman–Crippen MR) is 99.1 cm³/mol. The fraction of sp³-hybridized carbons (Fsp3) is 0.529. The topological polar surface area (TPSA) is 107 Å². The van der Waals surface area contributed by atoms with E-state index in [1.54, 1.807) is 4.90 Å². The number of nitrogens with zero attached hydrogens (tertiary/aromatic N) is 1. The number of ether oxygens (including phenoxy) is 1. The Morgan fingerprint density at radius 2 is 2.12 bits per heavy atom. The maximum absolute atomic E-state index is 12.7. The second-order valence-electron chi connectivity index (χ2n) is 6.41. The Morgan fingerprint density at radius 1 is 1.42 bits per heavy atom. The van der Waals surface area contributed by atoms with Gasteiger partial charge in [0.25, 0.3) is 11.8 Å². The summed E-state index contributed by atoms with van der Waals surface area (Å²) in [7, 11) is -3.12. The monoisotopic (exact) mass is 402 g/mol. The van der Waals surface area contributed by atoms with Gasteiger partial charge >= 0.3 is 0 Å². The maximum Gasteiger partial charge on any atom is 0.261 e. The quantitative estimate of drug-likeness (QED) is 0.745. The van der Waals surface area contributed by atoms with Gasteiger partial charge in [-0.15, -0.1) is 0 Å². The third kappa shape index (κ3) is 4.88. The number of carbonyl (C=O) groups is 2. The van der Waals surface area contributed by atoms with E-state index in [2.05, 4.69) is 0 Å². The number of benzene rings is 1. The fourth-order valence-corrected chi connectivity index (χ4v) is 4.92. The van der Waals surface area contributed by atoms with E-state index in [1.165, 1.54) is 18.2 Å². The molecule has 2 atom stereocenters. The molecule has 7 nitrogen and oxygen atoms in total. The Morgan fingerprint density at radius 3 is 2.65 bits per heavy atom. The molecule has 0 unspecified atom stereocenters. The van der Waals surface area contributed by atoms with Crippen LogP contribution in [0.5, 0.6) is 5.75 Å². The molecule has 1 aromatic rings. The van der Waals surface area contributed by atoms with E-state index in [0.717, 1.165) is 0 Å². The van der Waals surface area contributed by atoms with E-state index in [4.69, 9.17) is 22.1 Å². The van der Waals surface area contributed by atoms with Crippen LogP contribution < -0.4 is 10.5 Å². The molecule has 0 spiro atoms. The first kappa shape index (κ1) is 20.5. The van der Waals surface area contributed by atoms with Gasteiger partial charge in [-0.1, -0.05) is 18.5 Å². The fourth-order valence-electron chi connectivity index (χ4n) is 3.04. The Bertz CT molecular complexity index is 796.